The van der Waals surface area contributed by atoms with E-state index in [1.807, 2.05) is 0 Å². The topological polar surface area (TPSA) is 191 Å². The van der Waals surface area contributed by atoms with Gasteiger partial charge in [0.05, 0.1) is 12.4 Å². The molecule has 3 rings (SSSR count). The molecule has 3 amide bonds. The Labute approximate surface area is 214 Å². The van der Waals surface area contributed by atoms with Crippen LogP contribution in [-0.2, 0) is 32.0 Å². The molecule has 1 saturated heterocycles. The normalized spacial score (nSPS) is 17.7. The van der Waals surface area contributed by atoms with Crippen molar-refractivity contribution in [3.8, 4) is 5.75 Å². The van der Waals surface area contributed by atoms with Crippen LogP contribution in [0.15, 0.2) is 36.8 Å². The number of carbonyl (C=O) groups is 4. The minimum absolute atomic E-state index is 0.000754. The van der Waals surface area contributed by atoms with Crippen LogP contribution >= 0.6 is 0 Å². The molecule has 2 heterocycles. The van der Waals surface area contributed by atoms with Crippen LogP contribution in [0.5, 0.6) is 5.75 Å². The number of hydrogen-bond acceptors (Lipinski definition) is 7. The van der Waals surface area contributed by atoms with Gasteiger partial charge in [0.2, 0.25) is 17.7 Å². The maximum absolute atomic E-state index is 13.2. The largest absolute Gasteiger partial charge is 0.508 e. The van der Waals surface area contributed by atoms with Gasteiger partial charge in [0.1, 0.15) is 23.9 Å². The van der Waals surface area contributed by atoms with Crippen LogP contribution in [0.3, 0.4) is 0 Å². The third kappa shape index (κ3) is 7.29. The number of rotatable bonds is 11. The predicted octanol–water partition coefficient (Wildman–Crippen LogP) is -0.0710. The lowest BCUT2D eigenvalue weighted by Gasteiger charge is -2.29. The number of phenolic OH excluding ortho intramolecular Hbond substituents is 1. The highest BCUT2D eigenvalue weighted by Crippen LogP contribution is 2.20. The van der Waals surface area contributed by atoms with Gasteiger partial charge in [-0.2, -0.15) is 0 Å². The van der Waals surface area contributed by atoms with Gasteiger partial charge in [-0.25, -0.2) is 9.78 Å². The molecule has 1 fully saturated rings. The smallest absolute Gasteiger partial charge is 0.326 e. The molecule has 0 saturated carbocycles. The molecule has 2 aromatic rings. The number of nitrogens with one attached hydrogen (secondary N) is 3. The van der Waals surface area contributed by atoms with E-state index >= 15 is 0 Å². The Morgan fingerprint density at radius 3 is 2.46 bits per heavy atom. The molecule has 1 aromatic heterocycles. The molecule has 12 heteroatoms. The number of phenols is 1. The fourth-order valence-electron chi connectivity index (χ4n) is 4.35. The number of carboxylic acids is 1. The monoisotopic (exact) mass is 514 g/mol. The molecule has 0 spiro atoms. The number of aromatic hydroxyl groups is 1. The number of nitrogens with two attached hydrogens (primary N) is 1. The van der Waals surface area contributed by atoms with Gasteiger partial charge in [0.25, 0.3) is 0 Å². The Morgan fingerprint density at radius 1 is 1.16 bits per heavy atom. The Balaban J connectivity index is 1.64. The van der Waals surface area contributed by atoms with Crippen molar-refractivity contribution in [1.82, 2.24) is 25.5 Å². The van der Waals surface area contributed by atoms with Crippen molar-refractivity contribution in [3.05, 3.63) is 48.0 Å². The van der Waals surface area contributed by atoms with E-state index in [1.54, 1.807) is 32.2 Å². The van der Waals surface area contributed by atoms with E-state index in [0.717, 1.165) is 0 Å². The highest BCUT2D eigenvalue weighted by molar-refractivity contribution is 5.94. The minimum atomic E-state index is -1.24. The second kappa shape index (κ2) is 12.3. The Hall–Kier alpha value is -3.93. The first-order valence-electron chi connectivity index (χ1n) is 12.2. The first kappa shape index (κ1) is 27.7. The van der Waals surface area contributed by atoms with Gasteiger partial charge in [0.15, 0.2) is 0 Å². The minimum Gasteiger partial charge on any atom is -0.508 e. The maximum Gasteiger partial charge on any atom is 0.326 e. The van der Waals surface area contributed by atoms with Crippen LogP contribution in [0.25, 0.3) is 0 Å². The summed E-state index contributed by atoms with van der Waals surface area (Å²) in [6, 6.07) is 2.14. The number of aromatic nitrogens is 2. The molecule has 1 aliphatic heterocycles. The zero-order chi connectivity index (χ0) is 27.1. The quantitative estimate of drug-likeness (QED) is 0.240. The van der Waals surface area contributed by atoms with Crippen LogP contribution in [-0.4, -0.2) is 79.5 Å². The maximum atomic E-state index is 13.2. The van der Waals surface area contributed by atoms with Crippen LogP contribution in [0.2, 0.25) is 0 Å². The molecule has 1 aliphatic rings. The number of carbonyl (C=O) groups excluding carboxylic acids is 3. The average Bonchev–Trinajstić information content (AvgIpc) is 3.54. The number of hydrogen-bond donors (Lipinski definition) is 6. The second-order valence-corrected chi connectivity index (χ2v) is 9.58. The summed E-state index contributed by atoms with van der Waals surface area (Å²) in [4.78, 5) is 59.3. The lowest BCUT2D eigenvalue weighted by Crippen LogP contribution is -2.58. The lowest BCUT2D eigenvalue weighted by atomic mass is 10.0. The van der Waals surface area contributed by atoms with E-state index in [4.69, 9.17) is 5.73 Å². The van der Waals surface area contributed by atoms with Gasteiger partial charge < -0.3 is 36.5 Å². The zero-order valence-electron chi connectivity index (χ0n) is 20.9. The standard InChI is InChI=1S/C25H34N6O6/c1-14(2)21(23(34)29-19(25(36)37)10-15-5-7-17(32)8-6-15)30-22(33)20-4-3-9-31(20)24(35)18(26)11-16-12-27-13-28-16/h5-8,12-14,18-21,32H,3-4,9-11,26H2,1-2H3,(H,27,28)(H,29,34)(H,30,33)(H,36,37). The van der Waals surface area contributed by atoms with Crippen LogP contribution in [0.4, 0.5) is 0 Å². The molecule has 37 heavy (non-hydrogen) atoms. The number of carboxylic acid groups (broad SMARTS) is 1. The first-order chi connectivity index (χ1) is 17.6. The third-order valence-corrected chi connectivity index (χ3v) is 6.39. The van der Waals surface area contributed by atoms with Gasteiger partial charge in [0, 0.05) is 31.3 Å². The summed E-state index contributed by atoms with van der Waals surface area (Å²) in [6.45, 7) is 3.84. The molecule has 4 atom stereocenters. The van der Waals surface area contributed by atoms with Crippen LogP contribution in [0, 0.1) is 5.92 Å². The van der Waals surface area contributed by atoms with Crippen molar-refractivity contribution >= 4 is 23.7 Å². The SMILES string of the molecule is CC(C)C(NC(=O)C1CCCN1C(=O)C(N)Cc1cnc[nH]1)C(=O)NC(Cc1ccc(O)cc1)C(=O)O. The molecule has 0 aliphatic carbocycles. The predicted molar refractivity (Wildman–Crippen MR) is 133 cm³/mol. The Morgan fingerprint density at radius 2 is 1.86 bits per heavy atom. The van der Waals surface area contributed by atoms with Crippen molar-refractivity contribution in [1.29, 1.82) is 0 Å². The summed E-state index contributed by atoms with van der Waals surface area (Å²) in [7, 11) is 0. The number of aromatic amines is 1. The molecule has 12 nitrogen and oxygen atoms in total. The summed E-state index contributed by atoms with van der Waals surface area (Å²) in [6.07, 6.45) is 4.37. The number of nitrogens with zero attached hydrogens (tertiary/aromatic N) is 2. The second-order valence-electron chi connectivity index (χ2n) is 9.58. The molecule has 7 N–H and O–H groups in total. The molecule has 0 radical (unpaired) electrons. The third-order valence-electron chi connectivity index (χ3n) is 6.39. The summed E-state index contributed by atoms with van der Waals surface area (Å²) in [5.41, 5.74) is 7.42. The zero-order valence-corrected chi connectivity index (χ0v) is 20.9. The number of imidazole rings is 1. The van der Waals surface area contributed by atoms with Gasteiger partial charge in [-0.05, 0) is 36.5 Å². The van der Waals surface area contributed by atoms with E-state index in [2.05, 4.69) is 20.6 Å². The first-order valence-corrected chi connectivity index (χ1v) is 12.2. The Kier molecular flexibility index (Phi) is 9.23. The van der Waals surface area contributed by atoms with Crippen LogP contribution < -0.4 is 16.4 Å². The van der Waals surface area contributed by atoms with Crippen molar-refractivity contribution in [2.75, 3.05) is 6.54 Å². The highest BCUT2D eigenvalue weighted by Gasteiger charge is 2.38. The summed E-state index contributed by atoms with van der Waals surface area (Å²) in [5.74, 6) is -3.02. The summed E-state index contributed by atoms with van der Waals surface area (Å²) >= 11 is 0. The van der Waals surface area contributed by atoms with Gasteiger partial charge >= 0.3 is 5.97 Å². The fourth-order valence-corrected chi connectivity index (χ4v) is 4.35. The van der Waals surface area contributed by atoms with E-state index in [9.17, 15) is 29.4 Å². The summed E-state index contributed by atoms with van der Waals surface area (Å²) < 4.78 is 0. The average molecular weight is 515 g/mol. The molecule has 0 bridgehead atoms. The molecule has 1 aromatic carbocycles. The van der Waals surface area contributed by atoms with Crippen molar-refractivity contribution in [2.24, 2.45) is 11.7 Å². The van der Waals surface area contributed by atoms with Crippen LogP contribution in [0.1, 0.15) is 37.9 Å². The lowest BCUT2D eigenvalue weighted by molar-refractivity contribution is -0.143. The highest BCUT2D eigenvalue weighted by atomic mass is 16.4. The van der Waals surface area contributed by atoms with E-state index in [-0.39, 0.29) is 30.4 Å². The molecule has 4 unspecified atom stereocenters. The fraction of sp³-hybridized carbons (Fsp3) is 0.480. The van der Waals surface area contributed by atoms with E-state index in [0.29, 0.717) is 30.6 Å². The van der Waals surface area contributed by atoms with Gasteiger partial charge in [-0.3, -0.25) is 14.4 Å². The van der Waals surface area contributed by atoms with E-state index in [1.165, 1.54) is 23.4 Å². The number of likely N-dealkylation sites (tertiary alicyclic amines) is 1. The Bertz CT molecular complexity index is 1090. The van der Waals surface area contributed by atoms with Gasteiger partial charge in [-0.15, -0.1) is 0 Å². The van der Waals surface area contributed by atoms with Crippen molar-refractivity contribution in [3.63, 3.8) is 0 Å². The number of benzene rings is 1. The van der Waals surface area contributed by atoms with E-state index < -0.39 is 42.0 Å². The molecular weight excluding hydrogens is 480 g/mol. The number of aliphatic carboxylic acids is 1. The van der Waals surface area contributed by atoms with Crippen molar-refractivity contribution in [2.45, 2.75) is 63.7 Å². The molecule has 200 valence electrons. The summed E-state index contributed by atoms with van der Waals surface area (Å²) in [5, 5.41) is 24.3. The number of H-pyrrole nitrogens is 1. The molecular formula is C25H34N6O6. The number of amides is 3. The van der Waals surface area contributed by atoms with Gasteiger partial charge in [-0.1, -0.05) is 26.0 Å². The van der Waals surface area contributed by atoms with Crippen molar-refractivity contribution < 1.29 is 29.4 Å².